The first-order valence-corrected chi connectivity index (χ1v) is 13.0. The second-order valence-corrected chi connectivity index (χ2v) is 10.0. The lowest BCUT2D eigenvalue weighted by Crippen LogP contribution is -2.10. The third kappa shape index (κ3) is 4.35. The molecule has 0 aliphatic carbocycles. The summed E-state index contributed by atoms with van der Waals surface area (Å²) < 4.78 is 0. The van der Waals surface area contributed by atoms with Crippen molar-refractivity contribution < 1.29 is 9.59 Å². The summed E-state index contributed by atoms with van der Waals surface area (Å²) in [5, 5.41) is 11.4. The molecule has 3 N–H and O–H groups in total. The predicted molar refractivity (Wildman–Crippen MR) is 149 cm³/mol. The van der Waals surface area contributed by atoms with Crippen LogP contribution in [0.5, 0.6) is 0 Å². The topological polar surface area (TPSA) is 129 Å². The van der Waals surface area contributed by atoms with E-state index in [1.807, 2.05) is 49.4 Å². The van der Waals surface area contributed by atoms with E-state index in [0.29, 0.717) is 34.2 Å². The molecular formula is C28H23N7O2S. The highest BCUT2D eigenvalue weighted by molar-refractivity contribution is 7.17. The Labute approximate surface area is 221 Å². The molecule has 10 heteroatoms. The van der Waals surface area contributed by atoms with Gasteiger partial charge in [0.2, 0.25) is 5.91 Å². The van der Waals surface area contributed by atoms with Gasteiger partial charge in [-0.15, -0.1) is 11.3 Å². The van der Waals surface area contributed by atoms with Crippen LogP contribution in [0.2, 0.25) is 0 Å². The van der Waals surface area contributed by atoms with E-state index in [4.69, 9.17) is 4.98 Å². The number of Topliss-reactive ketones (excluding diaryl/α,β-unsaturated/α-hetero) is 1. The molecule has 0 radical (unpaired) electrons. The SMILES string of the molecule is CCCC(=O)Nc1cncc(-c2ccc3[nH]nc(-c4nc5nccc(-c6ccc(C(C)=O)s6)c5[nH]4)c3c2)c1. The molecule has 9 nitrogen and oxygen atoms in total. The van der Waals surface area contributed by atoms with Crippen molar-refractivity contribution in [2.45, 2.75) is 26.7 Å². The van der Waals surface area contributed by atoms with Gasteiger partial charge in [-0.05, 0) is 55.3 Å². The maximum atomic E-state index is 12.0. The maximum Gasteiger partial charge on any atom is 0.224 e. The zero-order valence-electron chi connectivity index (χ0n) is 20.7. The molecule has 0 bridgehead atoms. The van der Waals surface area contributed by atoms with E-state index in [2.05, 4.69) is 30.5 Å². The van der Waals surface area contributed by atoms with Crippen molar-refractivity contribution in [2.75, 3.05) is 5.32 Å². The van der Waals surface area contributed by atoms with Crippen molar-refractivity contribution in [3.63, 3.8) is 0 Å². The van der Waals surface area contributed by atoms with Crippen molar-refractivity contribution in [2.24, 2.45) is 0 Å². The van der Waals surface area contributed by atoms with Crippen LogP contribution in [-0.4, -0.2) is 41.8 Å². The fourth-order valence-corrected chi connectivity index (χ4v) is 5.32. The smallest absolute Gasteiger partial charge is 0.224 e. The van der Waals surface area contributed by atoms with Crippen LogP contribution in [0.25, 0.3) is 55.2 Å². The number of hydrogen-bond donors (Lipinski definition) is 3. The summed E-state index contributed by atoms with van der Waals surface area (Å²) in [6.07, 6.45) is 6.38. The summed E-state index contributed by atoms with van der Waals surface area (Å²) in [5.41, 5.74) is 6.29. The number of pyridine rings is 2. The van der Waals surface area contributed by atoms with E-state index < -0.39 is 0 Å². The molecule has 0 fully saturated rings. The first-order valence-electron chi connectivity index (χ1n) is 12.2. The molecule has 0 aliphatic heterocycles. The van der Waals surface area contributed by atoms with Crippen LogP contribution in [0.15, 0.2) is 61.1 Å². The molecule has 0 unspecified atom stereocenters. The van der Waals surface area contributed by atoms with Crippen LogP contribution in [0, 0.1) is 0 Å². The number of rotatable bonds is 7. The van der Waals surface area contributed by atoms with E-state index in [1.165, 1.54) is 11.3 Å². The standard InChI is InChI=1S/C28H23N7O2S/c1-3-4-24(37)31-18-11-17(13-29-14-18)16-5-6-21-20(12-16)26(35-34-21)28-32-25-19(9-10-30-27(25)33-28)23-8-7-22(38-23)15(2)36/h5-14H,3-4H2,1-2H3,(H,31,37)(H,34,35)(H,30,32,33). The Bertz CT molecular complexity index is 1830. The van der Waals surface area contributed by atoms with Crippen molar-refractivity contribution in [3.05, 3.63) is 65.9 Å². The number of nitrogens with zero attached hydrogens (tertiary/aromatic N) is 4. The van der Waals surface area contributed by atoms with Crippen LogP contribution in [-0.2, 0) is 4.79 Å². The molecule has 0 atom stereocenters. The third-order valence-corrected chi connectivity index (χ3v) is 7.45. The molecule has 5 heterocycles. The largest absolute Gasteiger partial charge is 0.335 e. The second kappa shape index (κ2) is 9.64. The fourth-order valence-electron chi connectivity index (χ4n) is 4.39. The minimum atomic E-state index is -0.0306. The first kappa shape index (κ1) is 23.7. The second-order valence-electron chi connectivity index (χ2n) is 8.96. The zero-order chi connectivity index (χ0) is 26.2. The molecule has 1 aromatic carbocycles. The number of H-pyrrole nitrogens is 2. The Morgan fingerprint density at radius 2 is 1.95 bits per heavy atom. The predicted octanol–water partition coefficient (Wildman–Crippen LogP) is 6.23. The number of aromatic amines is 2. The summed E-state index contributed by atoms with van der Waals surface area (Å²) in [7, 11) is 0. The number of imidazole rings is 1. The highest BCUT2D eigenvalue weighted by atomic mass is 32.1. The number of carbonyl (C=O) groups excluding carboxylic acids is 2. The van der Waals surface area contributed by atoms with Gasteiger partial charge in [-0.1, -0.05) is 13.0 Å². The molecule has 0 aliphatic rings. The number of thiophene rings is 1. The number of ketones is 1. The quantitative estimate of drug-likeness (QED) is 0.214. The van der Waals surface area contributed by atoms with Crippen LogP contribution < -0.4 is 5.32 Å². The number of benzene rings is 1. The lowest BCUT2D eigenvalue weighted by atomic mass is 10.0. The molecule has 6 aromatic rings. The summed E-state index contributed by atoms with van der Waals surface area (Å²) in [6.45, 7) is 3.54. The average molecular weight is 522 g/mol. The Hall–Kier alpha value is -4.70. The maximum absolute atomic E-state index is 12.0. The lowest BCUT2D eigenvalue weighted by Gasteiger charge is -2.07. The number of nitrogens with one attached hydrogen (secondary N) is 3. The van der Waals surface area contributed by atoms with Gasteiger partial charge in [-0.2, -0.15) is 5.10 Å². The Balaban J connectivity index is 1.39. The molecule has 0 saturated heterocycles. The van der Waals surface area contributed by atoms with E-state index in [-0.39, 0.29) is 11.7 Å². The molecule has 188 valence electrons. The number of hydrogen-bond acceptors (Lipinski definition) is 7. The highest BCUT2D eigenvalue weighted by Crippen LogP contribution is 2.35. The van der Waals surface area contributed by atoms with Gasteiger partial charge in [0, 0.05) is 40.2 Å². The molecule has 0 spiro atoms. The van der Waals surface area contributed by atoms with Crippen LogP contribution in [0.1, 0.15) is 36.4 Å². The Morgan fingerprint density at radius 1 is 1.05 bits per heavy atom. The van der Waals surface area contributed by atoms with E-state index in [0.717, 1.165) is 44.4 Å². The number of carbonyl (C=O) groups is 2. The monoisotopic (exact) mass is 521 g/mol. The number of anilines is 1. The minimum absolute atomic E-state index is 0.0306. The number of fused-ring (bicyclic) bond motifs is 2. The Morgan fingerprint density at radius 3 is 2.76 bits per heavy atom. The number of aromatic nitrogens is 6. The molecule has 38 heavy (non-hydrogen) atoms. The van der Waals surface area contributed by atoms with Crippen LogP contribution in [0.4, 0.5) is 5.69 Å². The molecule has 5 aromatic heterocycles. The first-order chi connectivity index (χ1) is 18.5. The van der Waals surface area contributed by atoms with Crippen molar-refractivity contribution in [1.29, 1.82) is 0 Å². The summed E-state index contributed by atoms with van der Waals surface area (Å²) in [5.74, 6) is 0.599. The van der Waals surface area contributed by atoms with Gasteiger partial charge < -0.3 is 10.3 Å². The Kier molecular flexibility index (Phi) is 6.01. The van der Waals surface area contributed by atoms with E-state index >= 15 is 0 Å². The average Bonchev–Trinajstić information content (AvgIpc) is 3.66. The van der Waals surface area contributed by atoms with E-state index in [9.17, 15) is 9.59 Å². The van der Waals surface area contributed by atoms with Gasteiger partial charge >= 0.3 is 0 Å². The normalized spacial score (nSPS) is 11.3. The van der Waals surface area contributed by atoms with Crippen LogP contribution in [0.3, 0.4) is 0 Å². The lowest BCUT2D eigenvalue weighted by molar-refractivity contribution is -0.116. The van der Waals surface area contributed by atoms with Gasteiger partial charge in [0.1, 0.15) is 5.69 Å². The van der Waals surface area contributed by atoms with Crippen molar-refractivity contribution in [1.82, 2.24) is 30.1 Å². The zero-order valence-corrected chi connectivity index (χ0v) is 21.5. The molecule has 0 saturated carbocycles. The van der Waals surface area contributed by atoms with Crippen LogP contribution >= 0.6 is 11.3 Å². The van der Waals surface area contributed by atoms with Crippen molar-refractivity contribution >= 4 is 50.8 Å². The third-order valence-electron chi connectivity index (χ3n) is 6.23. The fraction of sp³-hybridized carbons (Fsp3) is 0.143. The summed E-state index contributed by atoms with van der Waals surface area (Å²) in [6, 6.07) is 13.6. The molecule has 1 amide bonds. The summed E-state index contributed by atoms with van der Waals surface area (Å²) in [4.78, 5) is 42.4. The van der Waals surface area contributed by atoms with Crippen molar-refractivity contribution in [3.8, 4) is 33.1 Å². The van der Waals surface area contributed by atoms with E-state index in [1.54, 1.807) is 25.5 Å². The molecular weight excluding hydrogens is 498 g/mol. The van der Waals surface area contributed by atoms with Gasteiger partial charge in [0.25, 0.3) is 0 Å². The number of amides is 1. The summed E-state index contributed by atoms with van der Waals surface area (Å²) >= 11 is 1.45. The van der Waals surface area contributed by atoms with Gasteiger partial charge in [-0.3, -0.25) is 19.7 Å². The van der Waals surface area contributed by atoms with Gasteiger partial charge in [0.05, 0.1) is 27.8 Å². The minimum Gasteiger partial charge on any atom is -0.335 e. The van der Waals surface area contributed by atoms with Gasteiger partial charge in [0.15, 0.2) is 17.3 Å². The van der Waals surface area contributed by atoms with Gasteiger partial charge in [-0.25, -0.2) is 9.97 Å². The highest BCUT2D eigenvalue weighted by Gasteiger charge is 2.17. The molecule has 6 rings (SSSR count).